The van der Waals surface area contributed by atoms with Gasteiger partial charge in [0.2, 0.25) is 11.2 Å². The van der Waals surface area contributed by atoms with E-state index in [0.717, 1.165) is 11.3 Å². The van der Waals surface area contributed by atoms with Gasteiger partial charge in [-0.25, -0.2) is 4.98 Å². The van der Waals surface area contributed by atoms with Crippen LogP contribution in [-0.4, -0.2) is 16.1 Å². The van der Waals surface area contributed by atoms with Gasteiger partial charge in [0.1, 0.15) is 0 Å². The molecule has 0 atom stereocenters. The molecule has 0 aromatic carbocycles. The van der Waals surface area contributed by atoms with Crippen molar-refractivity contribution in [2.45, 2.75) is 33.2 Å². The first kappa shape index (κ1) is 9.68. The molecular formula is C9H11ClN2O2. The van der Waals surface area contributed by atoms with Gasteiger partial charge in [0.05, 0.1) is 30.6 Å². The lowest BCUT2D eigenvalue weighted by atomic mass is 10.2. The van der Waals surface area contributed by atoms with Crippen LogP contribution in [0.3, 0.4) is 0 Å². The monoisotopic (exact) mass is 214 g/mol. The summed E-state index contributed by atoms with van der Waals surface area (Å²) in [5.41, 5.74) is 1.75. The quantitative estimate of drug-likeness (QED) is 0.706. The molecule has 0 spiro atoms. The van der Waals surface area contributed by atoms with Crippen molar-refractivity contribution in [3.8, 4) is 5.88 Å². The van der Waals surface area contributed by atoms with Crippen molar-refractivity contribution < 1.29 is 9.47 Å². The number of hydrogen-bond acceptors (Lipinski definition) is 4. The highest BCUT2D eigenvalue weighted by Crippen LogP contribution is 2.27. The summed E-state index contributed by atoms with van der Waals surface area (Å²) in [6.07, 6.45) is 0.0747. The zero-order valence-corrected chi connectivity index (χ0v) is 8.84. The second kappa shape index (κ2) is 3.71. The van der Waals surface area contributed by atoms with Crippen molar-refractivity contribution in [1.82, 2.24) is 9.97 Å². The molecule has 0 saturated heterocycles. The highest BCUT2D eigenvalue weighted by molar-refractivity contribution is 6.28. The topological polar surface area (TPSA) is 44.2 Å². The first-order valence-corrected chi connectivity index (χ1v) is 4.84. The van der Waals surface area contributed by atoms with E-state index >= 15 is 0 Å². The lowest BCUT2D eigenvalue weighted by Crippen LogP contribution is -2.10. The zero-order chi connectivity index (χ0) is 10.1. The molecule has 4 nitrogen and oxygen atoms in total. The van der Waals surface area contributed by atoms with Gasteiger partial charge in [0, 0.05) is 0 Å². The lowest BCUT2D eigenvalue weighted by molar-refractivity contribution is 0.130. The van der Waals surface area contributed by atoms with E-state index in [1.807, 2.05) is 13.8 Å². The summed E-state index contributed by atoms with van der Waals surface area (Å²) in [6.45, 7) is 4.89. The average molecular weight is 215 g/mol. The van der Waals surface area contributed by atoms with Crippen LogP contribution < -0.4 is 4.74 Å². The van der Waals surface area contributed by atoms with E-state index < -0.39 is 0 Å². The summed E-state index contributed by atoms with van der Waals surface area (Å²) in [5, 5.41) is 0.213. The highest BCUT2D eigenvalue weighted by atomic mass is 35.5. The van der Waals surface area contributed by atoms with Crippen LogP contribution in [-0.2, 0) is 18.0 Å². The summed E-state index contributed by atoms with van der Waals surface area (Å²) in [7, 11) is 0. The molecule has 14 heavy (non-hydrogen) atoms. The molecule has 0 bridgehead atoms. The third-order valence-electron chi connectivity index (χ3n) is 1.86. The maximum Gasteiger partial charge on any atom is 0.225 e. The summed E-state index contributed by atoms with van der Waals surface area (Å²) < 4.78 is 10.8. The van der Waals surface area contributed by atoms with Gasteiger partial charge in [0.15, 0.2) is 0 Å². The lowest BCUT2D eigenvalue weighted by Gasteiger charge is -2.11. The van der Waals surface area contributed by atoms with E-state index in [4.69, 9.17) is 21.1 Å². The first-order chi connectivity index (χ1) is 6.66. The van der Waals surface area contributed by atoms with E-state index in [2.05, 4.69) is 9.97 Å². The van der Waals surface area contributed by atoms with Crippen LogP contribution in [0.2, 0.25) is 5.28 Å². The van der Waals surface area contributed by atoms with Gasteiger partial charge in [-0.2, -0.15) is 4.98 Å². The number of nitrogens with zero attached hydrogens (tertiary/aromatic N) is 2. The third kappa shape index (κ3) is 1.81. The second-order valence-corrected chi connectivity index (χ2v) is 3.72. The van der Waals surface area contributed by atoms with E-state index in [-0.39, 0.29) is 11.4 Å². The fourth-order valence-corrected chi connectivity index (χ4v) is 1.49. The molecule has 0 fully saturated rings. The Morgan fingerprint density at radius 1 is 1.36 bits per heavy atom. The van der Waals surface area contributed by atoms with Crippen molar-refractivity contribution in [3.05, 3.63) is 16.5 Å². The molecule has 0 aliphatic carbocycles. The minimum absolute atomic E-state index is 0.0747. The number of ether oxygens (including phenoxy) is 2. The Hall–Kier alpha value is -0.870. The predicted octanol–water partition coefficient (Wildman–Crippen LogP) is 1.95. The normalized spacial score (nSPS) is 14.6. The number of halogens is 1. The molecule has 1 aromatic heterocycles. The average Bonchev–Trinajstić information content (AvgIpc) is 2.50. The Kier molecular flexibility index (Phi) is 2.56. The fourth-order valence-electron chi connectivity index (χ4n) is 1.31. The number of aromatic nitrogens is 2. The fraction of sp³-hybridized carbons (Fsp3) is 0.556. The molecule has 1 aliphatic rings. The molecule has 2 heterocycles. The maximum absolute atomic E-state index is 5.75. The smallest absolute Gasteiger partial charge is 0.225 e. The van der Waals surface area contributed by atoms with Crippen molar-refractivity contribution in [2.75, 3.05) is 0 Å². The van der Waals surface area contributed by atoms with Crippen LogP contribution in [0.5, 0.6) is 5.88 Å². The molecule has 1 aliphatic heterocycles. The van der Waals surface area contributed by atoms with Gasteiger partial charge in [-0.05, 0) is 25.4 Å². The van der Waals surface area contributed by atoms with Crippen LogP contribution in [0, 0.1) is 0 Å². The molecule has 2 rings (SSSR count). The molecule has 0 unspecified atom stereocenters. The summed E-state index contributed by atoms with van der Waals surface area (Å²) in [5.74, 6) is 0.549. The van der Waals surface area contributed by atoms with Crippen molar-refractivity contribution >= 4 is 11.6 Å². The Morgan fingerprint density at radius 3 is 2.86 bits per heavy atom. The van der Waals surface area contributed by atoms with Crippen molar-refractivity contribution in [1.29, 1.82) is 0 Å². The van der Waals surface area contributed by atoms with Crippen LogP contribution in [0.4, 0.5) is 0 Å². The SMILES string of the molecule is CC(C)Oc1nc(Cl)nc2c1COC2. The van der Waals surface area contributed by atoms with Gasteiger partial charge in [-0.15, -0.1) is 0 Å². The number of rotatable bonds is 2. The summed E-state index contributed by atoms with van der Waals surface area (Å²) >= 11 is 5.75. The molecule has 0 N–H and O–H groups in total. The zero-order valence-electron chi connectivity index (χ0n) is 8.08. The standard InChI is InChI=1S/C9H11ClN2O2/c1-5(2)14-8-6-3-13-4-7(6)11-9(10)12-8/h5H,3-4H2,1-2H3. The number of hydrogen-bond donors (Lipinski definition) is 0. The molecule has 1 aromatic rings. The molecule has 5 heteroatoms. The van der Waals surface area contributed by atoms with Crippen LogP contribution in [0.1, 0.15) is 25.1 Å². The van der Waals surface area contributed by atoms with Crippen LogP contribution in [0.15, 0.2) is 0 Å². The van der Waals surface area contributed by atoms with Gasteiger partial charge in [-0.3, -0.25) is 0 Å². The Labute approximate surface area is 87.2 Å². The van der Waals surface area contributed by atoms with Gasteiger partial charge in [-0.1, -0.05) is 0 Å². The highest BCUT2D eigenvalue weighted by Gasteiger charge is 2.21. The molecule has 0 saturated carbocycles. The first-order valence-electron chi connectivity index (χ1n) is 4.46. The molecule has 76 valence electrons. The van der Waals surface area contributed by atoms with Crippen molar-refractivity contribution in [2.24, 2.45) is 0 Å². The maximum atomic E-state index is 5.75. The Balaban J connectivity index is 2.38. The minimum atomic E-state index is 0.0747. The summed E-state index contributed by atoms with van der Waals surface area (Å²) in [6, 6.07) is 0. The van der Waals surface area contributed by atoms with Crippen molar-refractivity contribution in [3.63, 3.8) is 0 Å². The Morgan fingerprint density at radius 2 is 2.14 bits per heavy atom. The predicted molar refractivity (Wildman–Crippen MR) is 51.3 cm³/mol. The van der Waals surface area contributed by atoms with Gasteiger partial charge < -0.3 is 9.47 Å². The van der Waals surface area contributed by atoms with Crippen LogP contribution in [0.25, 0.3) is 0 Å². The largest absolute Gasteiger partial charge is 0.475 e. The van der Waals surface area contributed by atoms with Crippen LogP contribution >= 0.6 is 11.6 Å². The molecular weight excluding hydrogens is 204 g/mol. The second-order valence-electron chi connectivity index (χ2n) is 3.38. The van der Waals surface area contributed by atoms with E-state index in [1.165, 1.54) is 0 Å². The van der Waals surface area contributed by atoms with E-state index in [9.17, 15) is 0 Å². The Bertz CT molecular complexity index is 355. The van der Waals surface area contributed by atoms with Gasteiger partial charge in [0.25, 0.3) is 0 Å². The van der Waals surface area contributed by atoms with Gasteiger partial charge >= 0.3 is 0 Å². The number of fused-ring (bicyclic) bond motifs is 1. The molecule has 0 radical (unpaired) electrons. The van der Waals surface area contributed by atoms with E-state index in [0.29, 0.717) is 19.1 Å². The van der Waals surface area contributed by atoms with E-state index in [1.54, 1.807) is 0 Å². The third-order valence-corrected chi connectivity index (χ3v) is 2.03. The minimum Gasteiger partial charge on any atom is -0.475 e. The summed E-state index contributed by atoms with van der Waals surface area (Å²) in [4.78, 5) is 8.11. The molecule has 0 amide bonds.